The quantitative estimate of drug-likeness (QED) is 0.832. The summed E-state index contributed by atoms with van der Waals surface area (Å²) in [5.74, 6) is 1.84. The third kappa shape index (κ3) is 4.73. The van der Waals surface area contributed by atoms with Gasteiger partial charge in [0.05, 0.1) is 13.5 Å². The molecule has 0 aromatic heterocycles. The number of rotatable bonds is 5. The molecule has 1 aromatic carbocycles. The normalized spacial score (nSPS) is 22.4. The van der Waals surface area contributed by atoms with Crippen LogP contribution >= 0.6 is 0 Å². The van der Waals surface area contributed by atoms with Gasteiger partial charge >= 0.3 is 0 Å². The summed E-state index contributed by atoms with van der Waals surface area (Å²) in [6.45, 7) is 5.61. The van der Waals surface area contributed by atoms with Gasteiger partial charge < -0.3 is 14.5 Å². The van der Waals surface area contributed by atoms with Crippen molar-refractivity contribution in [1.29, 1.82) is 0 Å². The van der Waals surface area contributed by atoms with E-state index in [9.17, 15) is 4.79 Å². The molecule has 0 saturated carbocycles. The Kier molecular flexibility index (Phi) is 6.13. The van der Waals surface area contributed by atoms with Crippen molar-refractivity contribution in [2.45, 2.75) is 38.5 Å². The predicted octanol–water partition coefficient (Wildman–Crippen LogP) is 2.96. The molecule has 1 aromatic rings. The highest BCUT2D eigenvalue weighted by Crippen LogP contribution is 2.22. The van der Waals surface area contributed by atoms with Gasteiger partial charge in [0.15, 0.2) is 0 Å². The van der Waals surface area contributed by atoms with Crippen molar-refractivity contribution in [2.24, 2.45) is 5.92 Å². The van der Waals surface area contributed by atoms with Crippen molar-refractivity contribution >= 4 is 5.91 Å². The minimum atomic E-state index is 0.255. The van der Waals surface area contributed by atoms with E-state index in [1.54, 1.807) is 7.11 Å². The molecule has 0 aliphatic carbocycles. The summed E-state index contributed by atoms with van der Waals surface area (Å²) in [7, 11) is 1.66. The number of hydrogen-bond acceptors (Lipinski definition) is 3. The smallest absolute Gasteiger partial charge is 0.226 e. The molecule has 2 heterocycles. The maximum atomic E-state index is 12.6. The van der Waals surface area contributed by atoms with E-state index in [-0.39, 0.29) is 5.91 Å². The molecule has 0 N–H and O–H groups in total. The van der Waals surface area contributed by atoms with Gasteiger partial charge in [-0.15, -0.1) is 0 Å². The predicted molar refractivity (Wildman–Crippen MR) is 96.3 cm³/mol. The van der Waals surface area contributed by atoms with Gasteiger partial charge in [0.1, 0.15) is 5.75 Å². The Morgan fingerprint density at radius 2 is 1.96 bits per heavy atom. The minimum absolute atomic E-state index is 0.255. The first kappa shape index (κ1) is 17.3. The molecule has 132 valence electrons. The molecule has 1 atom stereocenters. The van der Waals surface area contributed by atoms with Gasteiger partial charge in [-0.2, -0.15) is 0 Å². The molecular weight excluding hydrogens is 300 g/mol. The lowest BCUT2D eigenvalue weighted by atomic mass is 10.0. The third-order valence-corrected chi connectivity index (χ3v) is 5.40. The second-order valence-corrected chi connectivity index (χ2v) is 7.21. The van der Waals surface area contributed by atoms with Crippen LogP contribution in [0.1, 0.15) is 37.7 Å². The zero-order chi connectivity index (χ0) is 16.8. The van der Waals surface area contributed by atoms with Crippen LogP contribution in [0, 0.1) is 5.92 Å². The summed E-state index contributed by atoms with van der Waals surface area (Å²) in [6.07, 6.45) is 6.76. The second kappa shape index (κ2) is 8.52. The molecule has 2 fully saturated rings. The van der Waals surface area contributed by atoms with Crippen molar-refractivity contribution < 1.29 is 9.53 Å². The zero-order valence-corrected chi connectivity index (χ0v) is 14.9. The SMILES string of the molecule is COc1cccc(CC(=O)N2CCCC(CN3CCCC3)CC2)c1. The lowest BCUT2D eigenvalue weighted by Crippen LogP contribution is -2.33. The molecule has 2 aliphatic rings. The Morgan fingerprint density at radius 1 is 1.12 bits per heavy atom. The Morgan fingerprint density at radius 3 is 2.75 bits per heavy atom. The van der Waals surface area contributed by atoms with Crippen molar-refractivity contribution in [3.63, 3.8) is 0 Å². The number of carbonyl (C=O) groups excluding carboxylic acids is 1. The number of methoxy groups -OCH3 is 1. The van der Waals surface area contributed by atoms with Gasteiger partial charge in [-0.05, 0) is 68.8 Å². The number of nitrogens with zero attached hydrogens (tertiary/aromatic N) is 2. The van der Waals surface area contributed by atoms with Crippen LogP contribution in [0.15, 0.2) is 24.3 Å². The van der Waals surface area contributed by atoms with E-state index in [0.717, 1.165) is 43.2 Å². The first-order valence-electron chi connectivity index (χ1n) is 9.37. The Bertz CT molecular complexity index is 540. The highest BCUT2D eigenvalue weighted by atomic mass is 16.5. The second-order valence-electron chi connectivity index (χ2n) is 7.21. The summed E-state index contributed by atoms with van der Waals surface area (Å²) in [5.41, 5.74) is 1.04. The molecule has 24 heavy (non-hydrogen) atoms. The molecule has 0 bridgehead atoms. The number of hydrogen-bond donors (Lipinski definition) is 0. The Labute approximate surface area is 145 Å². The van der Waals surface area contributed by atoms with Gasteiger partial charge in [-0.25, -0.2) is 0 Å². The zero-order valence-electron chi connectivity index (χ0n) is 14.9. The first-order chi connectivity index (χ1) is 11.7. The van der Waals surface area contributed by atoms with Crippen LogP contribution in [0.2, 0.25) is 0 Å². The van der Waals surface area contributed by atoms with Crippen LogP contribution in [-0.2, 0) is 11.2 Å². The van der Waals surface area contributed by atoms with E-state index < -0.39 is 0 Å². The number of benzene rings is 1. The molecular formula is C20H30N2O2. The maximum absolute atomic E-state index is 12.6. The van der Waals surface area contributed by atoms with Gasteiger partial charge in [0.2, 0.25) is 5.91 Å². The number of likely N-dealkylation sites (tertiary alicyclic amines) is 2. The largest absolute Gasteiger partial charge is 0.497 e. The van der Waals surface area contributed by atoms with Crippen LogP contribution in [0.3, 0.4) is 0 Å². The fraction of sp³-hybridized carbons (Fsp3) is 0.650. The van der Waals surface area contributed by atoms with Crippen molar-refractivity contribution in [2.75, 3.05) is 39.8 Å². The summed E-state index contributed by atoms with van der Waals surface area (Å²) in [5, 5.41) is 0. The highest BCUT2D eigenvalue weighted by molar-refractivity contribution is 5.78. The maximum Gasteiger partial charge on any atom is 0.226 e. The molecule has 4 heteroatoms. The van der Waals surface area contributed by atoms with Crippen molar-refractivity contribution in [3.05, 3.63) is 29.8 Å². The monoisotopic (exact) mass is 330 g/mol. The summed E-state index contributed by atoms with van der Waals surface area (Å²) >= 11 is 0. The van der Waals surface area contributed by atoms with Crippen LogP contribution in [-0.4, -0.2) is 55.5 Å². The number of ether oxygens (including phenoxy) is 1. The lowest BCUT2D eigenvalue weighted by molar-refractivity contribution is -0.130. The number of carbonyl (C=O) groups is 1. The van der Waals surface area contributed by atoms with Crippen LogP contribution in [0.25, 0.3) is 0 Å². The molecule has 4 nitrogen and oxygen atoms in total. The standard InChI is InChI=1S/C20H30N2O2/c1-24-19-8-4-6-18(14-19)15-20(23)22-12-5-7-17(9-13-22)16-21-10-2-3-11-21/h4,6,8,14,17H,2-3,5,7,9-13,15-16H2,1H3. The average Bonchev–Trinajstić information content (AvgIpc) is 2.99. The summed E-state index contributed by atoms with van der Waals surface area (Å²) in [6, 6.07) is 7.85. The number of amides is 1. The summed E-state index contributed by atoms with van der Waals surface area (Å²) < 4.78 is 5.25. The molecule has 1 unspecified atom stereocenters. The Hall–Kier alpha value is -1.55. The topological polar surface area (TPSA) is 32.8 Å². The van der Waals surface area contributed by atoms with Crippen molar-refractivity contribution in [3.8, 4) is 5.75 Å². The molecule has 0 spiro atoms. The lowest BCUT2D eigenvalue weighted by Gasteiger charge is -2.23. The van der Waals surface area contributed by atoms with Crippen LogP contribution in [0.5, 0.6) is 5.75 Å². The van der Waals surface area contributed by atoms with Gasteiger partial charge in [-0.1, -0.05) is 12.1 Å². The Balaban J connectivity index is 1.50. The van der Waals surface area contributed by atoms with E-state index in [1.165, 1.54) is 38.9 Å². The van der Waals surface area contributed by atoms with Crippen molar-refractivity contribution in [1.82, 2.24) is 9.80 Å². The fourth-order valence-corrected chi connectivity index (χ4v) is 4.00. The van der Waals surface area contributed by atoms with Gasteiger partial charge in [0.25, 0.3) is 0 Å². The van der Waals surface area contributed by atoms with Gasteiger partial charge in [-0.3, -0.25) is 4.79 Å². The van der Waals surface area contributed by atoms with E-state index in [4.69, 9.17) is 4.74 Å². The van der Waals surface area contributed by atoms with E-state index in [0.29, 0.717) is 6.42 Å². The first-order valence-corrected chi connectivity index (χ1v) is 9.37. The average molecular weight is 330 g/mol. The molecule has 1 amide bonds. The van der Waals surface area contributed by atoms with E-state index in [2.05, 4.69) is 9.80 Å². The third-order valence-electron chi connectivity index (χ3n) is 5.40. The minimum Gasteiger partial charge on any atom is -0.497 e. The molecule has 3 rings (SSSR count). The van der Waals surface area contributed by atoms with Crippen LogP contribution < -0.4 is 4.74 Å². The van der Waals surface area contributed by atoms with E-state index >= 15 is 0 Å². The fourth-order valence-electron chi connectivity index (χ4n) is 4.00. The molecule has 2 saturated heterocycles. The highest BCUT2D eigenvalue weighted by Gasteiger charge is 2.23. The summed E-state index contributed by atoms with van der Waals surface area (Å²) in [4.78, 5) is 17.3. The van der Waals surface area contributed by atoms with E-state index in [1.807, 2.05) is 24.3 Å². The molecule has 2 aliphatic heterocycles. The molecule has 0 radical (unpaired) electrons. The van der Waals surface area contributed by atoms with Crippen LogP contribution in [0.4, 0.5) is 0 Å². The van der Waals surface area contributed by atoms with Gasteiger partial charge in [0, 0.05) is 19.6 Å².